The van der Waals surface area contributed by atoms with Crippen molar-refractivity contribution in [2.45, 2.75) is 361 Å². The Labute approximate surface area is 467 Å². The van der Waals surface area contributed by atoms with Crippen molar-refractivity contribution < 1.29 is 28.6 Å². The summed E-state index contributed by atoms with van der Waals surface area (Å²) >= 11 is 0. The number of hydrogen-bond acceptors (Lipinski definition) is 6. The van der Waals surface area contributed by atoms with E-state index in [-0.39, 0.29) is 31.1 Å². The van der Waals surface area contributed by atoms with Crippen molar-refractivity contribution in [3.05, 3.63) is 48.6 Å². The lowest BCUT2D eigenvalue weighted by atomic mass is 10.0. The summed E-state index contributed by atoms with van der Waals surface area (Å²) in [7, 11) is 0. The van der Waals surface area contributed by atoms with Gasteiger partial charge in [-0.25, -0.2) is 0 Å². The second-order valence-corrected chi connectivity index (χ2v) is 22.4. The Balaban J connectivity index is 4.33. The monoisotopic (exact) mass is 1050 g/mol. The van der Waals surface area contributed by atoms with Crippen molar-refractivity contribution in [3.63, 3.8) is 0 Å². The van der Waals surface area contributed by atoms with E-state index in [0.717, 1.165) is 64.2 Å². The molecule has 0 bridgehead atoms. The first-order valence-corrected chi connectivity index (χ1v) is 33.1. The second kappa shape index (κ2) is 63.9. The molecule has 0 amide bonds. The standard InChI is InChI=1S/C69H126O6/c1-4-7-10-13-16-19-22-25-28-31-32-33-34-35-36-39-41-44-47-50-53-56-59-62-68(71)74-65-66(75-69(72)63-60-57-54-51-48-45-42-38-30-27-24-21-18-15-12-9-6-3)64-73-67(70)61-58-55-52-49-46-43-40-37-29-26-23-20-17-14-11-8-5-2/h22,25-27,29-32,66H,4-21,23-24,28,33-65H2,1-3H3/b25-22-,29-26-,30-27-,32-31-. The Morgan fingerprint density at radius 2 is 0.480 bits per heavy atom. The second-order valence-electron chi connectivity index (χ2n) is 22.4. The number of rotatable bonds is 61. The first-order valence-electron chi connectivity index (χ1n) is 33.1. The van der Waals surface area contributed by atoms with Gasteiger partial charge in [0.25, 0.3) is 0 Å². The van der Waals surface area contributed by atoms with E-state index in [1.807, 2.05) is 0 Å². The minimum absolute atomic E-state index is 0.0747. The highest BCUT2D eigenvalue weighted by molar-refractivity contribution is 5.71. The van der Waals surface area contributed by atoms with Gasteiger partial charge < -0.3 is 14.2 Å². The quantitative estimate of drug-likeness (QED) is 0.0261. The first-order chi connectivity index (χ1) is 37.0. The Bertz CT molecular complexity index is 1300. The molecule has 1 unspecified atom stereocenters. The van der Waals surface area contributed by atoms with Crippen molar-refractivity contribution in [2.24, 2.45) is 0 Å². The van der Waals surface area contributed by atoms with E-state index >= 15 is 0 Å². The van der Waals surface area contributed by atoms with Crippen molar-refractivity contribution in [2.75, 3.05) is 13.2 Å². The molecule has 438 valence electrons. The van der Waals surface area contributed by atoms with Gasteiger partial charge in [0.1, 0.15) is 13.2 Å². The summed E-state index contributed by atoms with van der Waals surface area (Å²) in [6.45, 7) is 6.67. The maximum absolute atomic E-state index is 12.9. The number of unbranched alkanes of at least 4 members (excludes halogenated alkanes) is 42. The van der Waals surface area contributed by atoms with Gasteiger partial charge in [-0.1, -0.05) is 281 Å². The fraction of sp³-hybridized carbons (Fsp3) is 0.841. The maximum atomic E-state index is 12.9. The molecule has 0 heterocycles. The Hall–Kier alpha value is -2.63. The van der Waals surface area contributed by atoms with E-state index in [1.165, 1.54) is 250 Å². The van der Waals surface area contributed by atoms with Crippen LogP contribution >= 0.6 is 0 Å². The Morgan fingerprint density at radius 3 is 0.747 bits per heavy atom. The van der Waals surface area contributed by atoms with Gasteiger partial charge >= 0.3 is 17.9 Å². The molecule has 0 N–H and O–H groups in total. The molecule has 0 aliphatic rings. The molecule has 75 heavy (non-hydrogen) atoms. The SMILES string of the molecule is CCCCCCC/C=C\C/C=C\CCCCCCCCCCCCCC(=O)OCC(COC(=O)CCCCCCCCC/C=C\CCCCCCCC)OC(=O)CCCCCCCCC/C=C\CCCCCCCC. The zero-order valence-corrected chi connectivity index (χ0v) is 50.3. The van der Waals surface area contributed by atoms with Crippen LogP contribution in [0.3, 0.4) is 0 Å². The van der Waals surface area contributed by atoms with Crippen molar-refractivity contribution in [1.82, 2.24) is 0 Å². The number of allylic oxidation sites excluding steroid dienone is 8. The summed E-state index contributed by atoms with van der Waals surface area (Å²) in [5.74, 6) is -0.864. The zero-order chi connectivity index (χ0) is 54.3. The summed E-state index contributed by atoms with van der Waals surface area (Å²) < 4.78 is 17.0. The number of carbonyl (C=O) groups is 3. The molecule has 0 rings (SSSR count). The molecule has 0 aromatic carbocycles. The molecule has 0 aromatic heterocycles. The average molecular weight is 1050 g/mol. The third-order valence-electron chi connectivity index (χ3n) is 14.8. The van der Waals surface area contributed by atoms with Gasteiger partial charge in [-0.2, -0.15) is 0 Å². The number of hydrogen-bond donors (Lipinski definition) is 0. The minimum atomic E-state index is -0.778. The topological polar surface area (TPSA) is 78.9 Å². The van der Waals surface area contributed by atoms with E-state index in [0.29, 0.717) is 19.3 Å². The lowest BCUT2D eigenvalue weighted by molar-refractivity contribution is -0.167. The van der Waals surface area contributed by atoms with E-state index < -0.39 is 6.10 Å². The highest BCUT2D eigenvalue weighted by Crippen LogP contribution is 2.17. The largest absolute Gasteiger partial charge is 0.462 e. The third kappa shape index (κ3) is 62.1. The zero-order valence-electron chi connectivity index (χ0n) is 50.3. The smallest absolute Gasteiger partial charge is 0.306 e. The molecule has 0 spiro atoms. The summed E-state index contributed by atoms with van der Waals surface area (Å²) in [6, 6.07) is 0. The van der Waals surface area contributed by atoms with Gasteiger partial charge in [0, 0.05) is 19.3 Å². The van der Waals surface area contributed by atoms with Gasteiger partial charge in [-0.3, -0.25) is 14.4 Å². The van der Waals surface area contributed by atoms with Crippen LogP contribution in [0, 0.1) is 0 Å². The normalized spacial score (nSPS) is 12.3. The molecule has 0 saturated heterocycles. The predicted octanol–water partition coefficient (Wildman–Crippen LogP) is 22.6. The molecular weight excluding hydrogens is 925 g/mol. The molecule has 0 fully saturated rings. The van der Waals surface area contributed by atoms with E-state index in [4.69, 9.17) is 14.2 Å². The highest BCUT2D eigenvalue weighted by atomic mass is 16.6. The fourth-order valence-electron chi connectivity index (χ4n) is 9.76. The summed E-state index contributed by atoms with van der Waals surface area (Å²) in [5, 5.41) is 0. The number of carbonyl (C=O) groups excluding carboxylic acids is 3. The number of esters is 3. The van der Waals surface area contributed by atoms with E-state index in [9.17, 15) is 14.4 Å². The van der Waals surface area contributed by atoms with Crippen molar-refractivity contribution >= 4 is 17.9 Å². The Kier molecular flexibility index (Phi) is 61.7. The molecule has 6 nitrogen and oxygen atoms in total. The van der Waals surface area contributed by atoms with Gasteiger partial charge in [0.15, 0.2) is 6.10 Å². The van der Waals surface area contributed by atoms with Gasteiger partial charge in [0.05, 0.1) is 0 Å². The maximum Gasteiger partial charge on any atom is 0.306 e. The van der Waals surface area contributed by atoms with Crippen LogP contribution in [-0.4, -0.2) is 37.2 Å². The number of ether oxygens (including phenoxy) is 3. The molecule has 6 heteroatoms. The fourth-order valence-corrected chi connectivity index (χ4v) is 9.76. The predicted molar refractivity (Wildman–Crippen MR) is 325 cm³/mol. The third-order valence-corrected chi connectivity index (χ3v) is 14.8. The average Bonchev–Trinajstić information content (AvgIpc) is 3.41. The molecule has 0 saturated carbocycles. The molecule has 0 aromatic rings. The van der Waals surface area contributed by atoms with Gasteiger partial charge in [-0.15, -0.1) is 0 Å². The van der Waals surface area contributed by atoms with E-state index in [1.54, 1.807) is 0 Å². The van der Waals surface area contributed by atoms with Crippen LogP contribution in [0.25, 0.3) is 0 Å². The summed E-state index contributed by atoms with van der Waals surface area (Å²) in [5.41, 5.74) is 0. The molecule has 1 atom stereocenters. The van der Waals surface area contributed by atoms with Crippen LogP contribution in [0.5, 0.6) is 0 Å². The minimum Gasteiger partial charge on any atom is -0.462 e. The molecule has 0 aliphatic heterocycles. The van der Waals surface area contributed by atoms with Crippen LogP contribution in [0.1, 0.15) is 355 Å². The van der Waals surface area contributed by atoms with Crippen LogP contribution in [0.15, 0.2) is 48.6 Å². The van der Waals surface area contributed by atoms with Crippen molar-refractivity contribution in [1.29, 1.82) is 0 Å². The highest BCUT2D eigenvalue weighted by Gasteiger charge is 2.19. The van der Waals surface area contributed by atoms with Crippen LogP contribution in [0.2, 0.25) is 0 Å². The molecular formula is C69H126O6. The first kappa shape index (κ1) is 72.4. The van der Waals surface area contributed by atoms with Gasteiger partial charge in [0.2, 0.25) is 0 Å². The van der Waals surface area contributed by atoms with E-state index in [2.05, 4.69) is 69.4 Å². The van der Waals surface area contributed by atoms with Gasteiger partial charge in [-0.05, 0) is 103 Å². The lowest BCUT2D eigenvalue weighted by Crippen LogP contribution is -2.30. The van der Waals surface area contributed by atoms with Crippen molar-refractivity contribution in [3.8, 4) is 0 Å². The summed E-state index contributed by atoms with van der Waals surface area (Å²) in [4.78, 5) is 38.4. The summed E-state index contributed by atoms with van der Waals surface area (Å²) in [6.07, 6.45) is 79.7. The lowest BCUT2D eigenvalue weighted by Gasteiger charge is -2.18. The molecule has 0 aliphatic carbocycles. The van der Waals surface area contributed by atoms with Crippen LogP contribution in [-0.2, 0) is 28.6 Å². The van der Waals surface area contributed by atoms with Crippen LogP contribution < -0.4 is 0 Å². The van der Waals surface area contributed by atoms with Crippen LogP contribution in [0.4, 0.5) is 0 Å². The Morgan fingerprint density at radius 1 is 0.267 bits per heavy atom. The molecule has 0 radical (unpaired) electrons.